The van der Waals surface area contributed by atoms with Gasteiger partial charge in [0.1, 0.15) is 6.61 Å². The van der Waals surface area contributed by atoms with Crippen LogP contribution >= 0.6 is 0 Å². The number of allylic oxidation sites excluding steroid dienone is 5. The van der Waals surface area contributed by atoms with E-state index in [9.17, 15) is 9.59 Å². The van der Waals surface area contributed by atoms with Gasteiger partial charge in [-0.25, -0.2) is 9.59 Å². The molecule has 6 heteroatoms. The third kappa shape index (κ3) is 6.92. The quantitative estimate of drug-likeness (QED) is 0.124. The van der Waals surface area contributed by atoms with Crippen molar-refractivity contribution in [2.45, 2.75) is 66.7 Å². The maximum atomic E-state index is 13.0. The van der Waals surface area contributed by atoms with Crippen LogP contribution in [-0.2, 0) is 14.3 Å². The number of aromatic nitrogens is 2. The molecule has 0 aliphatic heterocycles. The summed E-state index contributed by atoms with van der Waals surface area (Å²) >= 11 is 0. The van der Waals surface area contributed by atoms with E-state index in [0.717, 1.165) is 58.3 Å². The highest BCUT2D eigenvalue weighted by molar-refractivity contribution is 5.94. The van der Waals surface area contributed by atoms with E-state index < -0.39 is 0 Å². The number of aromatic amines is 2. The smallest absolute Gasteiger partial charge is 0.338 e. The minimum Gasteiger partial charge on any atom is -0.457 e. The van der Waals surface area contributed by atoms with Crippen LogP contribution in [-0.4, -0.2) is 28.5 Å². The van der Waals surface area contributed by atoms with Crippen molar-refractivity contribution in [3.05, 3.63) is 101 Å². The van der Waals surface area contributed by atoms with E-state index in [1.165, 1.54) is 17.9 Å². The Morgan fingerprint density at radius 3 is 2.65 bits per heavy atom. The summed E-state index contributed by atoms with van der Waals surface area (Å²) in [4.78, 5) is 31.8. The van der Waals surface area contributed by atoms with Crippen molar-refractivity contribution < 1.29 is 19.1 Å². The monoisotopic (exact) mass is 540 g/mol. The van der Waals surface area contributed by atoms with Crippen molar-refractivity contribution in [2.75, 3.05) is 6.61 Å². The van der Waals surface area contributed by atoms with E-state index in [4.69, 9.17) is 9.47 Å². The number of rotatable bonds is 9. The van der Waals surface area contributed by atoms with E-state index in [1.54, 1.807) is 6.07 Å². The predicted octanol–water partition coefficient (Wildman–Crippen LogP) is 8.31. The van der Waals surface area contributed by atoms with Crippen LogP contribution in [0.3, 0.4) is 0 Å². The van der Waals surface area contributed by atoms with Gasteiger partial charge in [-0.2, -0.15) is 0 Å². The topological polar surface area (TPSA) is 84.2 Å². The summed E-state index contributed by atoms with van der Waals surface area (Å²) in [7, 11) is 0. The fraction of sp³-hybridized carbons (Fsp3) is 0.353. The molecule has 1 aliphatic carbocycles. The van der Waals surface area contributed by atoms with Crippen LogP contribution in [0.2, 0.25) is 0 Å². The zero-order valence-electron chi connectivity index (χ0n) is 24.4. The lowest BCUT2D eigenvalue weighted by Crippen LogP contribution is -2.23. The molecule has 0 radical (unpaired) electrons. The van der Waals surface area contributed by atoms with E-state index in [1.807, 2.05) is 51.2 Å². The summed E-state index contributed by atoms with van der Waals surface area (Å²) in [5.41, 5.74) is 7.48. The molecule has 40 heavy (non-hydrogen) atoms. The lowest BCUT2D eigenvalue weighted by atomic mass is 9.69. The molecule has 210 valence electrons. The molecule has 1 aliphatic rings. The van der Waals surface area contributed by atoms with Crippen molar-refractivity contribution in [3.8, 4) is 0 Å². The molecule has 6 nitrogen and oxygen atoms in total. The second-order valence-corrected chi connectivity index (χ2v) is 11.5. The lowest BCUT2D eigenvalue weighted by Gasteiger charge is -2.34. The highest BCUT2D eigenvalue weighted by atomic mass is 16.5. The molecule has 4 rings (SSSR count). The molecule has 0 spiro atoms. The molecule has 0 saturated carbocycles. The van der Waals surface area contributed by atoms with Crippen molar-refractivity contribution in [2.24, 2.45) is 5.41 Å². The number of carbonyl (C=O) groups is 2. The van der Waals surface area contributed by atoms with Gasteiger partial charge in [-0.1, -0.05) is 36.3 Å². The van der Waals surface area contributed by atoms with Gasteiger partial charge in [0.25, 0.3) is 0 Å². The van der Waals surface area contributed by atoms with Gasteiger partial charge in [-0.15, -0.1) is 0 Å². The molecule has 0 bridgehead atoms. The van der Waals surface area contributed by atoms with Gasteiger partial charge in [0.05, 0.1) is 11.8 Å². The van der Waals surface area contributed by atoms with Crippen LogP contribution < -0.4 is 0 Å². The molecule has 0 fully saturated rings. The number of carbonyl (C=O) groups excluding carboxylic acids is 2. The number of H-pyrrole nitrogens is 2. The molecule has 2 N–H and O–H groups in total. The molecule has 1 aromatic carbocycles. The Hall–Kier alpha value is -4.06. The number of fused-ring (bicyclic) bond motifs is 2. The summed E-state index contributed by atoms with van der Waals surface area (Å²) in [5, 5.41) is 1.05. The molecule has 0 saturated heterocycles. The average Bonchev–Trinajstić information content (AvgIpc) is 3.49. The van der Waals surface area contributed by atoms with E-state index in [0.29, 0.717) is 5.56 Å². The normalized spacial score (nSPS) is 18.6. The highest BCUT2D eigenvalue weighted by Gasteiger charge is 2.37. The fourth-order valence-corrected chi connectivity index (χ4v) is 5.35. The average molecular weight is 541 g/mol. The Morgan fingerprint density at radius 1 is 1.10 bits per heavy atom. The fourth-order valence-electron chi connectivity index (χ4n) is 5.35. The molecule has 2 heterocycles. The molecule has 2 atom stereocenters. The van der Waals surface area contributed by atoms with Crippen LogP contribution in [0.1, 0.15) is 87.1 Å². The lowest BCUT2D eigenvalue weighted by molar-refractivity contribution is -0.132. The minimum atomic E-state index is -0.384. The van der Waals surface area contributed by atoms with Crippen molar-refractivity contribution in [3.63, 3.8) is 0 Å². The Kier molecular flexibility index (Phi) is 8.98. The van der Waals surface area contributed by atoms with Crippen molar-refractivity contribution in [1.29, 1.82) is 0 Å². The summed E-state index contributed by atoms with van der Waals surface area (Å²) in [6, 6.07) is 9.65. The minimum absolute atomic E-state index is 0.0164. The summed E-state index contributed by atoms with van der Waals surface area (Å²) < 4.78 is 11.3. The van der Waals surface area contributed by atoms with E-state index in [-0.39, 0.29) is 29.9 Å². The summed E-state index contributed by atoms with van der Waals surface area (Å²) in [5.74, 6) is -0.762. The molecule has 3 aromatic rings. The third-order valence-corrected chi connectivity index (χ3v) is 7.48. The van der Waals surface area contributed by atoms with E-state index >= 15 is 0 Å². The molecule has 2 aromatic heterocycles. The van der Waals surface area contributed by atoms with Crippen LogP contribution in [0.15, 0.2) is 78.2 Å². The number of hydrogen-bond donors (Lipinski definition) is 2. The van der Waals surface area contributed by atoms with Gasteiger partial charge in [0, 0.05) is 40.7 Å². The molecule has 0 unspecified atom stereocenters. The highest BCUT2D eigenvalue weighted by Crippen LogP contribution is 2.49. The van der Waals surface area contributed by atoms with Crippen LogP contribution in [0.5, 0.6) is 0 Å². The SMILES string of the molecule is CC(C)=CCC[C@@]1(C)CC=C(COC(=O)c2ccc3cc[nH]c3c2)c2[nH]c(C)cc2[C@@H]1/C=C/OC(=O)C=C(C)C. The number of esters is 2. The Morgan fingerprint density at radius 2 is 1.90 bits per heavy atom. The van der Waals surface area contributed by atoms with Crippen molar-refractivity contribution in [1.82, 2.24) is 9.97 Å². The summed E-state index contributed by atoms with van der Waals surface area (Å²) in [6.07, 6.45) is 14.0. The number of aryl methyl sites for hydroxylation is 1. The Labute approximate surface area is 236 Å². The first-order valence-corrected chi connectivity index (χ1v) is 13.8. The number of hydrogen-bond acceptors (Lipinski definition) is 4. The first kappa shape index (κ1) is 28.9. The number of ether oxygens (including phenoxy) is 2. The van der Waals surface area contributed by atoms with Gasteiger partial charge in [-0.05, 0) is 101 Å². The molecular weight excluding hydrogens is 500 g/mol. The van der Waals surface area contributed by atoms with Gasteiger partial charge in [-0.3, -0.25) is 0 Å². The third-order valence-electron chi connectivity index (χ3n) is 7.48. The van der Waals surface area contributed by atoms with Crippen LogP contribution in [0.4, 0.5) is 0 Å². The zero-order chi connectivity index (χ0) is 28.9. The second kappa shape index (κ2) is 12.4. The van der Waals surface area contributed by atoms with Gasteiger partial charge < -0.3 is 19.4 Å². The van der Waals surface area contributed by atoms with Crippen LogP contribution in [0.25, 0.3) is 16.5 Å². The maximum absolute atomic E-state index is 13.0. The predicted molar refractivity (Wildman–Crippen MR) is 161 cm³/mol. The van der Waals surface area contributed by atoms with Gasteiger partial charge in [0.2, 0.25) is 0 Å². The Balaban J connectivity index is 1.62. The Bertz CT molecular complexity index is 1510. The van der Waals surface area contributed by atoms with Gasteiger partial charge >= 0.3 is 11.9 Å². The standard InChI is InChI=1S/C34H40N2O4/c1-22(2)8-7-14-34(6)15-11-27(21-40-33(38)26-10-9-25-12-16-35-30(25)20-26)32-28(19-24(5)36-32)29(34)13-17-39-31(37)18-23(3)4/h8-13,16-20,29,35-36H,7,14-15,21H2,1-6H3/b17-13+/t29-,34-/m0/s1. The second-order valence-electron chi connectivity index (χ2n) is 11.5. The number of nitrogens with one attached hydrogen (secondary N) is 2. The first-order valence-electron chi connectivity index (χ1n) is 13.8. The van der Waals surface area contributed by atoms with Gasteiger partial charge in [0.15, 0.2) is 0 Å². The van der Waals surface area contributed by atoms with Crippen LogP contribution in [0, 0.1) is 12.3 Å². The first-order chi connectivity index (χ1) is 19.1. The number of benzene rings is 1. The largest absolute Gasteiger partial charge is 0.457 e. The maximum Gasteiger partial charge on any atom is 0.338 e. The van der Waals surface area contributed by atoms with Crippen molar-refractivity contribution >= 4 is 28.4 Å². The molecule has 0 amide bonds. The summed E-state index contributed by atoms with van der Waals surface area (Å²) in [6.45, 7) is 12.4. The molecular formula is C34H40N2O4. The van der Waals surface area contributed by atoms with E-state index in [2.05, 4.69) is 49.0 Å². The zero-order valence-corrected chi connectivity index (χ0v) is 24.4.